The number of halogens is 2. The molecule has 0 saturated heterocycles. The summed E-state index contributed by atoms with van der Waals surface area (Å²) in [5.74, 6) is 0.433. The predicted octanol–water partition coefficient (Wildman–Crippen LogP) is 5.55. The maximum absolute atomic E-state index is 13.3. The van der Waals surface area contributed by atoms with E-state index in [1.54, 1.807) is 17.0 Å². The summed E-state index contributed by atoms with van der Waals surface area (Å²) in [5, 5.41) is 2.95. The van der Waals surface area contributed by atoms with Gasteiger partial charge in [0.15, 0.2) is 0 Å². The van der Waals surface area contributed by atoms with Crippen LogP contribution in [0, 0.1) is 5.82 Å². The first-order valence-corrected chi connectivity index (χ1v) is 12.5. The molecule has 1 atom stereocenters. The Balaban J connectivity index is 2.08. The van der Waals surface area contributed by atoms with Gasteiger partial charge in [-0.2, -0.15) is 0 Å². The highest BCUT2D eigenvalue weighted by Crippen LogP contribution is 2.19. The van der Waals surface area contributed by atoms with Crippen molar-refractivity contribution in [2.24, 2.45) is 0 Å². The van der Waals surface area contributed by atoms with Gasteiger partial charge in [0.1, 0.15) is 11.9 Å². The summed E-state index contributed by atoms with van der Waals surface area (Å²) in [7, 11) is 0. The van der Waals surface area contributed by atoms with Crippen LogP contribution in [0.2, 0.25) is 0 Å². The van der Waals surface area contributed by atoms with Crippen LogP contribution in [-0.2, 0) is 21.9 Å². The quantitative estimate of drug-likeness (QED) is 0.382. The van der Waals surface area contributed by atoms with Gasteiger partial charge in [-0.15, -0.1) is 11.8 Å². The van der Waals surface area contributed by atoms with Gasteiger partial charge in [-0.3, -0.25) is 9.59 Å². The van der Waals surface area contributed by atoms with Crippen molar-refractivity contribution >= 4 is 39.5 Å². The molecule has 0 radical (unpaired) electrons. The Kier molecular flexibility index (Phi) is 11.1. The van der Waals surface area contributed by atoms with Crippen LogP contribution in [0.25, 0.3) is 0 Å². The summed E-state index contributed by atoms with van der Waals surface area (Å²) in [6.45, 7) is 4.85. The Labute approximate surface area is 197 Å². The molecule has 7 heteroatoms. The maximum atomic E-state index is 13.3. The molecule has 0 aromatic heterocycles. The normalized spacial score (nSPS) is 11.7. The minimum Gasteiger partial charge on any atom is -0.354 e. The van der Waals surface area contributed by atoms with Crippen molar-refractivity contribution in [3.8, 4) is 0 Å². The Hall–Kier alpha value is -1.86. The molecule has 2 rings (SSSR count). The first-order valence-electron chi connectivity index (χ1n) is 10.6. The van der Waals surface area contributed by atoms with E-state index in [4.69, 9.17) is 0 Å². The Morgan fingerprint density at radius 2 is 1.71 bits per heavy atom. The van der Waals surface area contributed by atoms with Gasteiger partial charge >= 0.3 is 0 Å². The molecule has 0 aliphatic heterocycles. The van der Waals surface area contributed by atoms with E-state index in [0.29, 0.717) is 18.7 Å². The largest absolute Gasteiger partial charge is 0.354 e. The lowest BCUT2D eigenvalue weighted by Gasteiger charge is -2.30. The fraction of sp³-hybridized carbons (Fsp3) is 0.417. The van der Waals surface area contributed by atoms with Gasteiger partial charge in [-0.1, -0.05) is 60.5 Å². The molecule has 0 aliphatic rings. The van der Waals surface area contributed by atoms with Gasteiger partial charge < -0.3 is 10.2 Å². The van der Waals surface area contributed by atoms with Crippen molar-refractivity contribution in [1.29, 1.82) is 0 Å². The number of hydrogen-bond donors (Lipinski definition) is 1. The molecule has 1 N–H and O–H groups in total. The number of benzene rings is 2. The monoisotopic (exact) mass is 508 g/mol. The topological polar surface area (TPSA) is 49.4 Å². The van der Waals surface area contributed by atoms with Crippen LogP contribution in [0.15, 0.2) is 53.0 Å². The zero-order chi connectivity index (χ0) is 22.6. The highest BCUT2D eigenvalue weighted by Gasteiger charge is 2.28. The fourth-order valence-electron chi connectivity index (χ4n) is 3.13. The molecule has 31 heavy (non-hydrogen) atoms. The Bertz CT molecular complexity index is 830. The molecule has 2 aromatic rings. The van der Waals surface area contributed by atoms with Crippen LogP contribution in [0.1, 0.15) is 44.2 Å². The van der Waals surface area contributed by atoms with Crippen LogP contribution in [0.4, 0.5) is 4.39 Å². The molecular formula is C24H30BrFN2O2S. The summed E-state index contributed by atoms with van der Waals surface area (Å²) in [5.41, 5.74) is 1.93. The number of unbranched alkanes of at least 4 members (excludes halogenated alkanes) is 1. The molecule has 0 spiro atoms. The van der Waals surface area contributed by atoms with E-state index < -0.39 is 6.04 Å². The standard InChI is InChI=1S/C24H30BrFN2O2S/c1-3-5-14-27-24(30)22(4-2)28(15-18-8-12-21(26)13-9-18)23(29)17-31-16-19-6-10-20(25)11-7-19/h6-13,22H,3-5,14-17H2,1-2H3,(H,27,30)/t22-/m1/s1. The van der Waals surface area contributed by atoms with Gasteiger partial charge in [-0.05, 0) is 48.2 Å². The summed E-state index contributed by atoms with van der Waals surface area (Å²) in [6.07, 6.45) is 2.40. The third-order valence-electron chi connectivity index (χ3n) is 4.89. The van der Waals surface area contributed by atoms with Crippen LogP contribution in [0.5, 0.6) is 0 Å². The highest BCUT2D eigenvalue weighted by molar-refractivity contribution is 9.10. The second-order valence-corrected chi connectivity index (χ2v) is 9.24. The summed E-state index contributed by atoms with van der Waals surface area (Å²) in [6, 6.07) is 13.5. The smallest absolute Gasteiger partial charge is 0.242 e. The van der Waals surface area contributed by atoms with Crippen molar-refractivity contribution in [2.45, 2.75) is 51.4 Å². The molecule has 2 aromatic carbocycles. The second kappa shape index (κ2) is 13.5. The zero-order valence-electron chi connectivity index (χ0n) is 18.1. The van der Waals surface area contributed by atoms with Gasteiger partial charge in [0.2, 0.25) is 11.8 Å². The minimum absolute atomic E-state index is 0.0936. The van der Waals surface area contributed by atoms with E-state index in [-0.39, 0.29) is 29.9 Å². The highest BCUT2D eigenvalue weighted by atomic mass is 79.9. The average molecular weight is 509 g/mol. The summed E-state index contributed by atoms with van der Waals surface area (Å²) >= 11 is 4.95. The minimum atomic E-state index is -0.553. The number of amides is 2. The molecule has 0 unspecified atom stereocenters. The molecule has 0 heterocycles. The first kappa shape index (κ1) is 25.4. The molecular weight excluding hydrogens is 479 g/mol. The van der Waals surface area contributed by atoms with E-state index in [0.717, 1.165) is 28.4 Å². The molecule has 168 valence electrons. The van der Waals surface area contributed by atoms with E-state index in [1.165, 1.54) is 23.9 Å². The molecule has 0 aliphatic carbocycles. The molecule has 0 saturated carbocycles. The number of carbonyl (C=O) groups is 2. The van der Waals surface area contributed by atoms with Gasteiger partial charge in [0.25, 0.3) is 0 Å². The lowest BCUT2D eigenvalue weighted by atomic mass is 10.1. The molecule has 2 amide bonds. The fourth-order valence-corrected chi connectivity index (χ4v) is 4.27. The number of carbonyl (C=O) groups excluding carboxylic acids is 2. The Morgan fingerprint density at radius 3 is 2.32 bits per heavy atom. The number of nitrogens with zero attached hydrogens (tertiary/aromatic N) is 1. The molecule has 0 fully saturated rings. The van der Waals surface area contributed by atoms with E-state index in [2.05, 4.69) is 28.2 Å². The lowest BCUT2D eigenvalue weighted by Crippen LogP contribution is -2.49. The number of thioether (sulfide) groups is 1. The number of rotatable bonds is 12. The number of hydrogen-bond acceptors (Lipinski definition) is 3. The molecule has 0 bridgehead atoms. The van der Waals surface area contributed by atoms with Crippen LogP contribution in [0.3, 0.4) is 0 Å². The number of nitrogens with one attached hydrogen (secondary N) is 1. The lowest BCUT2D eigenvalue weighted by molar-refractivity contribution is -0.139. The SMILES string of the molecule is CCCCNC(=O)[C@@H](CC)N(Cc1ccc(F)cc1)C(=O)CSCc1ccc(Br)cc1. The van der Waals surface area contributed by atoms with Gasteiger partial charge in [0, 0.05) is 23.3 Å². The van der Waals surface area contributed by atoms with Crippen LogP contribution < -0.4 is 5.32 Å². The van der Waals surface area contributed by atoms with E-state index in [9.17, 15) is 14.0 Å². The first-order chi connectivity index (χ1) is 14.9. The van der Waals surface area contributed by atoms with Crippen LogP contribution in [-0.4, -0.2) is 35.1 Å². The third kappa shape index (κ3) is 8.65. The van der Waals surface area contributed by atoms with Crippen molar-refractivity contribution in [3.63, 3.8) is 0 Å². The van der Waals surface area contributed by atoms with Gasteiger partial charge in [0.05, 0.1) is 5.75 Å². The van der Waals surface area contributed by atoms with Crippen LogP contribution >= 0.6 is 27.7 Å². The average Bonchev–Trinajstić information content (AvgIpc) is 2.76. The van der Waals surface area contributed by atoms with Crippen molar-refractivity contribution in [2.75, 3.05) is 12.3 Å². The summed E-state index contributed by atoms with van der Waals surface area (Å²) in [4.78, 5) is 27.6. The second-order valence-electron chi connectivity index (χ2n) is 7.34. The van der Waals surface area contributed by atoms with Crippen molar-refractivity contribution < 1.29 is 14.0 Å². The predicted molar refractivity (Wildman–Crippen MR) is 129 cm³/mol. The third-order valence-corrected chi connectivity index (χ3v) is 6.41. The Morgan fingerprint density at radius 1 is 1.06 bits per heavy atom. The van der Waals surface area contributed by atoms with Crippen molar-refractivity contribution in [3.05, 3.63) is 69.9 Å². The van der Waals surface area contributed by atoms with Crippen molar-refractivity contribution in [1.82, 2.24) is 10.2 Å². The van der Waals surface area contributed by atoms with Gasteiger partial charge in [-0.25, -0.2) is 4.39 Å². The van der Waals surface area contributed by atoms with E-state index >= 15 is 0 Å². The maximum Gasteiger partial charge on any atom is 0.242 e. The summed E-state index contributed by atoms with van der Waals surface area (Å²) < 4.78 is 14.3. The zero-order valence-corrected chi connectivity index (χ0v) is 20.5. The molecule has 4 nitrogen and oxygen atoms in total. The van der Waals surface area contributed by atoms with E-state index in [1.807, 2.05) is 31.2 Å².